The molecule has 1 heteroatoms. The molecular weight excluding hydrogens is 182 g/mol. The van der Waals surface area contributed by atoms with Crippen molar-refractivity contribution in [2.75, 3.05) is 0 Å². The van der Waals surface area contributed by atoms with E-state index in [-0.39, 0.29) is 0 Å². The molecule has 15 heavy (non-hydrogen) atoms. The second-order valence-corrected chi connectivity index (χ2v) is 5.66. The van der Waals surface area contributed by atoms with Gasteiger partial charge in [0.05, 0.1) is 0 Å². The molecule has 0 aliphatic heterocycles. The molecule has 1 nitrogen and oxygen atoms in total. The molecule has 0 unspecified atom stereocenters. The van der Waals surface area contributed by atoms with E-state index in [2.05, 4.69) is 18.0 Å². The lowest BCUT2D eigenvalue weighted by Gasteiger charge is -2.21. The number of aromatic nitrogens is 1. The van der Waals surface area contributed by atoms with Crippen molar-refractivity contribution in [3.05, 3.63) is 23.0 Å². The third kappa shape index (κ3) is 1.53. The van der Waals surface area contributed by atoms with Gasteiger partial charge in [-0.1, -0.05) is 19.8 Å². The first kappa shape index (κ1) is 9.50. The molecule has 0 atom stereocenters. The van der Waals surface area contributed by atoms with Gasteiger partial charge in [0.2, 0.25) is 0 Å². The SMILES string of the molecule is CC1(c2cc3c([nH]2)CCCC3)CCCC1. The second-order valence-electron chi connectivity index (χ2n) is 5.66. The van der Waals surface area contributed by atoms with Gasteiger partial charge in [0, 0.05) is 16.8 Å². The molecule has 0 aromatic carbocycles. The van der Waals surface area contributed by atoms with Crippen molar-refractivity contribution in [2.45, 2.75) is 63.7 Å². The van der Waals surface area contributed by atoms with Crippen LogP contribution < -0.4 is 0 Å². The number of fused-ring (bicyclic) bond motifs is 1. The van der Waals surface area contributed by atoms with Gasteiger partial charge in [0.15, 0.2) is 0 Å². The summed E-state index contributed by atoms with van der Waals surface area (Å²) in [7, 11) is 0. The fourth-order valence-electron chi connectivity index (χ4n) is 3.35. The van der Waals surface area contributed by atoms with Crippen LogP contribution in [-0.2, 0) is 18.3 Å². The molecule has 2 aliphatic rings. The number of rotatable bonds is 1. The minimum atomic E-state index is 0.470. The zero-order valence-corrected chi connectivity index (χ0v) is 9.73. The van der Waals surface area contributed by atoms with E-state index in [1.165, 1.54) is 57.1 Å². The molecule has 1 aromatic rings. The Morgan fingerprint density at radius 1 is 1.07 bits per heavy atom. The number of nitrogens with one attached hydrogen (secondary N) is 1. The Bertz CT molecular complexity index is 332. The lowest BCUT2D eigenvalue weighted by molar-refractivity contribution is 0.477. The van der Waals surface area contributed by atoms with Crippen molar-refractivity contribution < 1.29 is 0 Å². The first-order valence-corrected chi connectivity index (χ1v) is 6.49. The average Bonchev–Trinajstić information content (AvgIpc) is 2.84. The fourth-order valence-corrected chi connectivity index (χ4v) is 3.35. The number of aryl methyl sites for hydroxylation is 2. The van der Waals surface area contributed by atoms with E-state index in [1.807, 2.05) is 0 Å². The molecule has 0 amide bonds. The third-order valence-electron chi connectivity index (χ3n) is 4.47. The highest BCUT2D eigenvalue weighted by Gasteiger charge is 2.32. The largest absolute Gasteiger partial charge is 0.362 e. The van der Waals surface area contributed by atoms with Crippen LogP contribution in [0.1, 0.15) is 62.4 Å². The van der Waals surface area contributed by atoms with Crippen LogP contribution in [0.2, 0.25) is 0 Å². The van der Waals surface area contributed by atoms with Gasteiger partial charge >= 0.3 is 0 Å². The van der Waals surface area contributed by atoms with E-state index in [0.717, 1.165) is 0 Å². The van der Waals surface area contributed by atoms with Crippen LogP contribution in [0.3, 0.4) is 0 Å². The number of aromatic amines is 1. The number of H-pyrrole nitrogens is 1. The van der Waals surface area contributed by atoms with E-state index in [9.17, 15) is 0 Å². The molecule has 0 radical (unpaired) electrons. The Labute approximate surface area is 92.3 Å². The summed E-state index contributed by atoms with van der Waals surface area (Å²) < 4.78 is 0. The summed E-state index contributed by atoms with van der Waals surface area (Å²) in [4.78, 5) is 3.72. The van der Waals surface area contributed by atoms with Crippen LogP contribution >= 0.6 is 0 Å². The van der Waals surface area contributed by atoms with Crippen LogP contribution in [0.4, 0.5) is 0 Å². The van der Waals surface area contributed by atoms with Gasteiger partial charge in [0.1, 0.15) is 0 Å². The zero-order valence-electron chi connectivity index (χ0n) is 9.73. The van der Waals surface area contributed by atoms with Crippen molar-refractivity contribution in [3.8, 4) is 0 Å². The van der Waals surface area contributed by atoms with Crippen molar-refractivity contribution in [3.63, 3.8) is 0 Å². The summed E-state index contributed by atoms with van der Waals surface area (Å²) in [5.74, 6) is 0. The van der Waals surface area contributed by atoms with Crippen molar-refractivity contribution >= 4 is 0 Å². The maximum Gasteiger partial charge on any atom is 0.0212 e. The Morgan fingerprint density at radius 2 is 1.80 bits per heavy atom. The van der Waals surface area contributed by atoms with E-state index >= 15 is 0 Å². The highest BCUT2D eigenvalue weighted by molar-refractivity contribution is 5.32. The van der Waals surface area contributed by atoms with Gasteiger partial charge in [-0.05, 0) is 50.2 Å². The molecule has 3 rings (SSSR count). The maximum absolute atomic E-state index is 3.72. The smallest absolute Gasteiger partial charge is 0.0212 e. The van der Waals surface area contributed by atoms with E-state index in [4.69, 9.17) is 0 Å². The van der Waals surface area contributed by atoms with E-state index in [0.29, 0.717) is 5.41 Å². The molecule has 1 N–H and O–H groups in total. The number of hydrogen-bond acceptors (Lipinski definition) is 0. The summed E-state index contributed by atoms with van der Waals surface area (Å²) >= 11 is 0. The highest BCUT2D eigenvalue weighted by atomic mass is 14.8. The predicted molar refractivity (Wildman–Crippen MR) is 63.3 cm³/mol. The molecule has 2 aliphatic carbocycles. The lowest BCUT2D eigenvalue weighted by Crippen LogP contribution is -2.17. The third-order valence-corrected chi connectivity index (χ3v) is 4.47. The molecule has 0 saturated heterocycles. The topological polar surface area (TPSA) is 15.8 Å². The van der Waals surface area contributed by atoms with Gasteiger partial charge in [-0.2, -0.15) is 0 Å². The summed E-state index contributed by atoms with van der Waals surface area (Å²) in [6.07, 6.45) is 11.0. The average molecular weight is 203 g/mol. The summed E-state index contributed by atoms with van der Waals surface area (Å²) in [5.41, 5.74) is 5.16. The van der Waals surface area contributed by atoms with Gasteiger partial charge in [0.25, 0.3) is 0 Å². The Kier molecular flexibility index (Phi) is 2.15. The van der Waals surface area contributed by atoms with Crippen molar-refractivity contribution in [2.24, 2.45) is 0 Å². The Morgan fingerprint density at radius 3 is 2.53 bits per heavy atom. The van der Waals surface area contributed by atoms with Crippen molar-refractivity contribution in [1.82, 2.24) is 4.98 Å². The monoisotopic (exact) mass is 203 g/mol. The van der Waals surface area contributed by atoms with Gasteiger partial charge in [-0.25, -0.2) is 0 Å². The Hall–Kier alpha value is -0.720. The second kappa shape index (κ2) is 3.40. The lowest BCUT2D eigenvalue weighted by atomic mass is 9.85. The molecule has 1 saturated carbocycles. The van der Waals surface area contributed by atoms with E-state index in [1.54, 1.807) is 11.3 Å². The normalized spacial score (nSPS) is 24.1. The quantitative estimate of drug-likeness (QED) is 0.716. The van der Waals surface area contributed by atoms with Crippen LogP contribution in [0.15, 0.2) is 6.07 Å². The zero-order chi connectivity index (χ0) is 10.3. The van der Waals surface area contributed by atoms with Gasteiger partial charge in [-0.15, -0.1) is 0 Å². The van der Waals surface area contributed by atoms with Gasteiger partial charge in [-0.3, -0.25) is 0 Å². The Balaban J connectivity index is 1.95. The molecule has 0 bridgehead atoms. The molecule has 0 spiro atoms. The summed E-state index contributed by atoms with van der Waals surface area (Å²) in [5, 5.41) is 0. The van der Waals surface area contributed by atoms with E-state index < -0.39 is 0 Å². The maximum atomic E-state index is 3.72. The molecule has 1 aromatic heterocycles. The number of hydrogen-bond donors (Lipinski definition) is 1. The first-order chi connectivity index (χ1) is 7.28. The minimum absolute atomic E-state index is 0.470. The van der Waals surface area contributed by atoms with Crippen LogP contribution in [0.5, 0.6) is 0 Å². The molecule has 82 valence electrons. The van der Waals surface area contributed by atoms with Crippen LogP contribution in [0.25, 0.3) is 0 Å². The van der Waals surface area contributed by atoms with Crippen LogP contribution in [-0.4, -0.2) is 4.98 Å². The highest BCUT2D eigenvalue weighted by Crippen LogP contribution is 2.41. The minimum Gasteiger partial charge on any atom is -0.362 e. The first-order valence-electron chi connectivity index (χ1n) is 6.49. The van der Waals surface area contributed by atoms with Gasteiger partial charge < -0.3 is 4.98 Å². The molecular formula is C14H21N. The van der Waals surface area contributed by atoms with Crippen LogP contribution in [0, 0.1) is 0 Å². The standard InChI is InChI=1S/C14H21N/c1-14(8-4-5-9-14)13-10-11-6-2-3-7-12(11)15-13/h10,15H,2-9H2,1H3. The molecule has 1 heterocycles. The summed E-state index contributed by atoms with van der Waals surface area (Å²) in [6, 6.07) is 2.47. The van der Waals surface area contributed by atoms with Crippen molar-refractivity contribution in [1.29, 1.82) is 0 Å². The predicted octanol–water partition coefficient (Wildman–Crippen LogP) is 3.73. The summed E-state index contributed by atoms with van der Waals surface area (Å²) in [6.45, 7) is 2.44. The molecule has 1 fully saturated rings. The fraction of sp³-hybridized carbons (Fsp3) is 0.714.